The molecule has 2 saturated carbocycles. The van der Waals surface area contributed by atoms with Crippen molar-refractivity contribution >= 4 is 11.9 Å². The third-order valence-electron chi connectivity index (χ3n) is 10.4. The summed E-state index contributed by atoms with van der Waals surface area (Å²) in [7, 11) is 3.50. The molecule has 214 valence electrons. The van der Waals surface area contributed by atoms with Gasteiger partial charge in [-0.15, -0.1) is 0 Å². The Balaban J connectivity index is 1.32. The van der Waals surface area contributed by atoms with Gasteiger partial charge in [0.2, 0.25) is 0 Å². The van der Waals surface area contributed by atoms with Gasteiger partial charge in [0.1, 0.15) is 11.7 Å². The Labute approximate surface area is 242 Å². The van der Waals surface area contributed by atoms with Crippen molar-refractivity contribution in [3.63, 3.8) is 0 Å². The molecule has 1 amide bonds. The number of rotatable bonds is 5. The molecular formula is C34H38N2O5. The zero-order chi connectivity index (χ0) is 28.5. The first-order valence-corrected chi connectivity index (χ1v) is 14.9. The molecule has 7 nitrogen and oxygen atoms in total. The maximum absolute atomic E-state index is 13.5. The first-order chi connectivity index (χ1) is 19.8. The predicted molar refractivity (Wildman–Crippen MR) is 154 cm³/mol. The van der Waals surface area contributed by atoms with Crippen molar-refractivity contribution in [2.75, 3.05) is 27.2 Å². The lowest BCUT2D eigenvalue weighted by atomic mass is 9.48. The van der Waals surface area contributed by atoms with Crippen molar-refractivity contribution in [1.82, 2.24) is 9.80 Å². The van der Waals surface area contributed by atoms with Crippen LogP contribution in [0.4, 0.5) is 0 Å². The number of carbonyl (C=O) groups excluding carboxylic acids is 2. The highest BCUT2D eigenvalue weighted by molar-refractivity contribution is 5.94. The van der Waals surface area contributed by atoms with Crippen LogP contribution in [0.15, 0.2) is 36.4 Å². The zero-order valence-electron chi connectivity index (χ0n) is 24.4. The molecule has 2 aliphatic heterocycles. The lowest BCUT2D eigenvalue weighted by Crippen LogP contribution is -2.79. The number of amides is 1. The quantitative estimate of drug-likeness (QED) is 0.411. The second-order valence-corrected chi connectivity index (χ2v) is 12.7. The van der Waals surface area contributed by atoms with Crippen molar-refractivity contribution < 1.29 is 23.8 Å². The highest BCUT2D eigenvalue weighted by Gasteiger charge is 2.75. The lowest BCUT2D eigenvalue weighted by molar-refractivity contribution is -0.223. The number of methoxy groups -OCH3 is 1. The van der Waals surface area contributed by atoms with E-state index in [1.807, 2.05) is 44.3 Å². The molecular weight excluding hydrogens is 516 g/mol. The molecule has 1 spiro atoms. The van der Waals surface area contributed by atoms with Gasteiger partial charge in [-0.2, -0.15) is 0 Å². The van der Waals surface area contributed by atoms with Gasteiger partial charge in [0.15, 0.2) is 11.5 Å². The summed E-state index contributed by atoms with van der Waals surface area (Å²) in [5, 5.41) is 0. The number of carbonyl (C=O) groups is 2. The number of hydrogen-bond acceptors (Lipinski definition) is 6. The second kappa shape index (κ2) is 9.52. The fourth-order valence-corrected chi connectivity index (χ4v) is 8.52. The molecule has 2 aromatic rings. The maximum Gasteiger partial charge on any atom is 0.303 e. The van der Waals surface area contributed by atoms with E-state index < -0.39 is 11.0 Å². The highest BCUT2D eigenvalue weighted by atomic mass is 16.6. The average molecular weight is 555 g/mol. The van der Waals surface area contributed by atoms with Gasteiger partial charge in [0, 0.05) is 37.6 Å². The summed E-state index contributed by atoms with van der Waals surface area (Å²) < 4.78 is 19.3. The van der Waals surface area contributed by atoms with Crippen LogP contribution < -0.4 is 9.47 Å². The number of nitrogens with zero attached hydrogens (tertiary/aromatic N) is 2. The molecule has 7 rings (SSSR count). The zero-order valence-corrected chi connectivity index (χ0v) is 24.4. The number of likely N-dealkylation sites (N-methyl/N-ethyl adjacent to an activating group) is 1. The molecule has 41 heavy (non-hydrogen) atoms. The summed E-state index contributed by atoms with van der Waals surface area (Å²) in [6.07, 6.45) is 5.12. The number of piperidine rings is 1. The third kappa shape index (κ3) is 3.90. The van der Waals surface area contributed by atoms with Crippen LogP contribution in [0.2, 0.25) is 0 Å². The number of ether oxygens (including phenoxy) is 3. The largest absolute Gasteiger partial charge is 0.493 e. The summed E-state index contributed by atoms with van der Waals surface area (Å²) in [4.78, 5) is 30.8. The Morgan fingerprint density at radius 3 is 2.73 bits per heavy atom. The van der Waals surface area contributed by atoms with Crippen LogP contribution in [0.3, 0.4) is 0 Å². The van der Waals surface area contributed by atoms with E-state index >= 15 is 0 Å². The normalized spacial score (nSPS) is 30.8. The van der Waals surface area contributed by atoms with Crippen LogP contribution in [0.5, 0.6) is 11.5 Å². The summed E-state index contributed by atoms with van der Waals surface area (Å²) >= 11 is 0. The lowest BCUT2D eigenvalue weighted by Gasteiger charge is -2.65. The summed E-state index contributed by atoms with van der Waals surface area (Å²) in [6, 6.07) is 11.9. The third-order valence-corrected chi connectivity index (χ3v) is 10.4. The Bertz CT molecular complexity index is 1490. The van der Waals surface area contributed by atoms with Crippen LogP contribution >= 0.6 is 0 Å². The molecule has 0 N–H and O–H groups in total. The molecule has 7 heteroatoms. The molecule has 2 aromatic carbocycles. The first kappa shape index (κ1) is 26.4. The molecule has 0 unspecified atom stereocenters. The Morgan fingerprint density at radius 2 is 2.00 bits per heavy atom. The molecule has 5 aliphatic rings. The molecule has 2 heterocycles. The van der Waals surface area contributed by atoms with E-state index in [1.54, 1.807) is 12.0 Å². The van der Waals surface area contributed by atoms with Gasteiger partial charge in [-0.25, -0.2) is 0 Å². The summed E-state index contributed by atoms with van der Waals surface area (Å²) in [6.45, 7) is 5.50. The fraction of sp³-hybridized carbons (Fsp3) is 0.529. The van der Waals surface area contributed by atoms with Crippen molar-refractivity contribution in [3.8, 4) is 23.3 Å². The number of benzene rings is 2. The maximum atomic E-state index is 13.5. The van der Waals surface area contributed by atoms with Crippen molar-refractivity contribution in [3.05, 3.63) is 58.7 Å². The van der Waals surface area contributed by atoms with Crippen molar-refractivity contribution in [1.29, 1.82) is 0 Å². The van der Waals surface area contributed by atoms with Gasteiger partial charge >= 0.3 is 5.97 Å². The summed E-state index contributed by atoms with van der Waals surface area (Å²) in [5.41, 5.74) is 3.00. The molecule has 3 fully saturated rings. The second-order valence-electron chi connectivity index (χ2n) is 12.7. The number of aryl methyl sites for hydroxylation is 1. The minimum Gasteiger partial charge on any atom is -0.493 e. The SMILES string of the molecule is COc1ccc2c3c1O[C@H]1[C@H](N(C)C(=O)C#Cc4cccc(C)c4)CC[C@@]4(OC(C)=O)[C@@H](C2)N(CC2CC2)CC[C@]314. The number of esters is 1. The Morgan fingerprint density at radius 1 is 1.17 bits per heavy atom. The molecule has 3 aliphatic carbocycles. The molecule has 0 radical (unpaired) electrons. The summed E-state index contributed by atoms with van der Waals surface area (Å²) in [5.74, 6) is 7.61. The topological polar surface area (TPSA) is 68.3 Å². The van der Waals surface area contributed by atoms with Gasteiger partial charge in [0.25, 0.3) is 5.91 Å². The van der Waals surface area contributed by atoms with Gasteiger partial charge in [-0.3, -0.25) is 14.5 Å². The Hall–Kier alpha value is -3.50. The minimum atomic E-state index is -0.727. The first-order valence-electron chi connectivity index (χ1n) is 14.9. The smallest absolute Gasteiger partial charge is 0.303 e. The van der Waals surface area contributed by atoms with Crippen LogP contribution in [0.1, 0.15) is 61.3 Å². The number of hydrogen-bond donors (Lipinski definition) is 0. The van der Waals surface area contributed by atoms with E-state index in [4.69, 9.17) is 14.2 Å². The van der Waals surface area contributed by atoms with E-state index in [1.165, 1.54) is 25.3 Å². The highest BCUT2D eigenvalue weighted by Crippen LogP contribution is 2.67. The van der Waals surface area contributed by atoms with Crippen LogP contribution in [-0.2, 0) is 26.2 Å². The van der Waals surface area contributed by atoms with Crippen LogP contribution in [0.25, 0.3) is 0 Å². The van der Waals surface area contributed by atoms with Gasteiger partial charge in [0.05, 0.1) is 24.6 Å². The van der Waals surface area contributed by atoms with Gasteiger partial charge < -0.3 is 19.1 Å². The molecule has 2 bridgehead atoms. The monoisotopic (exact) mass is 554 g/mol. The van der Waals surface area contributed by atoms with E-state index in [0.29, 0.717) is 18.6 Å². The van der Waals surface area contributed by atoms with E-state index in [9.17, 15) is 9.59 Å². The number of likely N-dealkylation sites (tertiary alicyclic amines) is 1. The van der Waals surface area contributed by atoms with E-state index in [0.717, 1.165) is 54.3 Å². The predicted octanol–water partition coefficient (Wildman–Crippen LogP) is 4.02. The van der Waals surface area contributed by atoms with Crippen LogP contribution in [0, 0.1) is 24.7 Å². The van der Waals surface area contributed by atoms with E-state index in [2.05, 4.69) is 22.8 Å². The minimum absolute atomic E-state index is 0.0711. The van der Waals surface area contributed by atoms with Gasteiger partial charge in [-0.1, -0.05) is 24.1 Å². The fourth-order valence-electron chi connectivity index (χ4n) is 8.52. The van der Waals surface area contributed by atoms with Gasteiger partial charge in [-0.05, 0) is 87.2 Å². The molecule has 5 atom stereocenters. The average Bonchev–Trinajstić information content (AvgIpc) is 3.70. The van der Waals surface area contributed by atoms with E-state index in [-0.39, 0.29) is 30.1 Å². The van der Waals surface area contributed by atoms with Crippen LogP contribution in [-0.4, -0.2) is 72.7 Å². The van der Waals surface area contributed by atoms with Crippen molar-refractivity contribution in [2.45, 2.75) is 81.6 Å². The molecule has 0 aromatic heterocycles. The van der Waals surface area contributed by atoms with Crippen molar-refractivity contribution in [2.24, 2.45) is 5.92 Å². The standard InChI is InChI=1S/C34H38N2O5/c1-21-6-5-7-23(18-21)10-13-29(38)35(3)26-14-15-34(41-22(2)37)28-19-25-11-12-27(39-4)31-30(25)33(34,32(26)40-31)16-17-36(28)20-24-8-9-24/h5-7,11-12,18,24,26,28,32H,8-9,14-17,19-20H2,1-4H3/t26-,28-,32+,33+,34-/m1/s1. The molecule has 1 saturated heterocycles. The Kier molecular flexibility index (Phi) is 6.13.